The van der Waals surface area contributed by atoms with Crippen LogP contribution in [-0.2, 0) is 23.1 Å². The van der Waals surface area contributed by atoms with Crippen molar-refractivity contribution in [2.24, 2.45) is 0 Å². The van der Waals surface area contributed by atoms with Gasteiger partial charge in [-0.05, 0) is 13.3 Å². The number of carbonyl (C=O) groups excluding carboxylic acids is 1. The molecule has 0 bridgehead atoms. The number of nitrogens with zero attached hydrogens (tertiary/aromatic N) is 3. The molecule has 29 heavy (non-hydrogen) atoms. The lowest BCUT2D eigenvalue weighted by Gasteiger charge is -2.10. The van der Waals surface area contributed by atoms with Crippen LogP contribution in [0, 0.1) is 6.92 Å². The second-order valence-corrected chi connectivity index (χ2v) is 9.08. The highest BCUT2D eigenvalue weighted by molar-refractivity contribution is 7.13. The Morgan fingerprint density at radius 3 is 2.59 bits per heavy atom. The Labute approximate surface area is 175 Å². The van der Waals surface area contributed by atoms with E-state index < -0.39 is 0 Å². The Morgan fingerprint density at radius 2 is 1.90 bits per heavy atom. The normalized spacial score (nSPS) is 11.6. The Balaban J connectivity index is 1.37. The van der Waals surface area contributed by atoms with Crippen molar-refractivity contribution in [1.29, 1.82) is 0 Å². The zero-order chi connectivity index (χ0) is 20.9. The second-order valence-electron chi connectivity index (χ2n) is 8.23. The third kappa shape index (κ3) is 6.22. The first-order valence-electron chi connectivity index (χ1n) is 9.92. The van der Waals surface area contributed by atoms with Crippen LogP contribution in [0.1, 0.15) is 56.6 Å². The van der Waals surface area contributed by atoms with E-state index in [4.69, 9.17) is 4.52 Å². The summed E-state index contributed by atoms with van der Waals surface area (Å²) in [7, 11) is 0. The van der Waals surface area contributed by atoms with Crippen molar-refractivity contribution in [3.8, 4) is 10.6 Å². The molecule has 0 radical (unpaired) electrons. The van der Waals surface area contributed by atoms with Gasteiger partial charge in [0.1, 0.15) is 5.01 Å². The standard InChI is InChI=1S/C22H28N4O2S/c1-15-8-10-16(11-9-15)20-24-17(14-29-20)12-13-23-18(27)6-5-7-19-25-21(26-28-19)22(2,3)4/h8-11,14H,5-7,12-13H2,1-4H3,(H,23,27). The number of carbonyl (C=O) groups is 1. The first kappa shape index (κ1) is 21.2. The van der Waals surface area contributed by atoms with Crippen LogP contribution in [0.3, 0.4) is 0 Å². The van der Waals surface area contributed by atoms with Gasteiger partial charge in [0.25, 0.3) is 0 Å². The summed E-state index contributed by atoms with van der Waals surface area (Å²) in [5, 5.41) is 10.0. The highest BCUT2D eigenvalue weighted by Crippen LogP contribution is 2.24. The van der Waals surface area contributed by atoms with Crippen molar-refractivity contribution in [3.05, 3.63) is 52.6 Å². The van der Waals surface area contributed by atoms with Crippen LogP contribution in [-0.4, -0.2) is 27.6 Å². The molecule has 0 aliphatic heterocycles. The van der Waals surface area contributed by atoms with E-state index in [-0.39, 0.29) is 11.3 Å². The summed E-state index contributed by atoms with van der Waals surface area (Å²) in [4.78, 5) is 21.1. The van der Waals surface area contributed by atoms with E-state index in [9.17, 15) is 4.79 Å². The lowest BCUT2D eigenvalue weighted by Crippen LogP contribution is -2.25. The number of benzene rings is 1. The average molecular weight is 413 g/mol. The van der Waals surface area contributed by atoms with Crippen LogP contribution < -0.4 is 5.32 Å². The molecule has 6 nitrogen and oxygen atoms in total. The summed E-state index contributed by atoms with van der Waals surface area (Å²) in [6, 6.07) is 8.37. The number of hydrogen-bond acceptors (Lipinski definition) is 6. The predicted molar refractivity (Wildman–Crippen MR) is 115 cm³/mol. The van der Waals surface area contributed by atoms with Crippen molar-refractivity contribution in [2.75, 3.05) is 6.54 Å². The van der Waals surface area contributed by atoms with E-state index in [1.54, 1.807) is 11.3 Å². The molecule has 1 N–H and O–H groups in total. The average Bonchev–Trinajstić information content (AvgIpc) is 3.32. The molecule has 0 saturated heterocycles. The molecule has 7 heteroatoms. The zero-order valence-electron chi connectivity index (χ0n) is 17.5. The number of hydrogen-bond donors (Lipinski definition) is 1. The van der Waals surface area contributed by atoms with E-state index in [2.05, 4.69) is 57.0 Å². The molecule has 0 aliphatic carbocycles. The maximum absolute atomic E-state index is 12.1. The monoisotopic (exact) mass is 412 g/mol. The molecule has 1 amide bonds. The van der Waals surface area contributed by atoms with Crippen LogP contribution in [0.5, 0.6) is 0 Å². The number of rotatable bonds is 8. The predicted octanol–water partition coefficient (Wildman–Crippen LogP) is 4.48. The van der Waals surface area contributed by atoms with Gasteiger partial charge in [0.15, 0.2) is 5.82 Å². The second kappa shape index (κ2) is 9.31. The minimum Gasteiger partial charge on any atom is -0.356 e. The van der Waals surface area contributed by atoms with E-state index >= 15 is 0 Å². The van der Waals surface area contributed by atoms with Gasteiger partial charge in [-0.2, -0.15) is 4.98 Å². The first-order chi connectivity index (χ1) is 13.8. The van der Waals surface area contributed by atoms with Crippen LogP contribution >= 0.6 is 11.3 Å². The molecule has 2 heterocycles. The molecule has 3 rings (SSSR count). The fourth-order valence-corrected chi connectivity index (χ4v) is 3.59. The SMILES string of the molecule is Cc1ccc(-c2nc(CCNC(=O)CCCc3nc(C(C)(C)C)no3)cs2)cc1. The fraction of sp³-hybridized carbons (Fsp3) is 0.455. The number of amides is 1. The topological polar surface area (TPSA) is 80.9 Å². The van der Waals surface area contributed by atoms with E-state index in [1.165, 1.54) is 5.56 Å². The molecule has 3 aromatic rings. The smallest absolute Gasteiger partial charge is 0.226 e. The minimum absolute atomic E-state index is 0.0366. The van der Waals surface area contributed by atoms with Gasteiger partial charge in [0.05, 0.1) is 5.69 Å². The molecule has 1 aromatic carbocycles. The summed E-state index contributed by atoms with van der Waals surface area (Å²) >= 11 is 1.64. The molecule has 0 unspecified atom stereocenters. The first-order valence-corrected chi connectivity index (χ1v) is 10.8. The largest absolute Gasteiger partial charge is 0.356 e. The summed E-state index contributed by atoms with van der Waals surface area (Å²) < 4.78 is 5.26. The third-order valence-corrected chi connectivity index (χ3v) is 5.43. The van der Waals surface area contributed by atoms with E-state index in [0.29, 0.717) is 37.5 Å². The van der Waals surface area contributed by atoms with Crippen molar-refractivity contribution < 1.29 is 9.32 Å². The molecule has 0 saturated carbocycles. The quantitative estimate of drug-likeness (QED) is 0.590. The molecule has 2 aromatic heterocycles. The Hall–Kier alpha value is -2.54. The maximum atomic E-state index is 12.1. The molecule has 0 spiro atoms. The fourth-order valence-electron chi connectivity index (χ4n) is 2.73. The third-order valence-electron chi connectivity index (χ3n) is 4.49. The maximum Gasteiger partial charge on any atom is 0.226 e. The summed E-state index contributed by atoms with van der Waals surface area (Å²) in [6.45, 7) is 8.79. The highest BCUT2D eigenvalue weighted by Gasteiger charge is 2.20. The van der Waals surface area contributed by atoms with Gasteiger partial charge >= 0.3 is 0 Å². The minimum atomic E-state index is -0.131. The van der Waals surface area contributed by atoms with Gasteiger partial charge in [-0.3, -0.25) is 4.79 Å². The van der Waals surface area contributed by atoms with Crippen LogP contribution in [0.15, 0.2) is 34.2 Å². The van der Waals surface area contributed by atoms with Crippen molar-refractivity contribution in [1.82, 2.24) is 20.4 Å². The van der Waals surface area contributed by atoms with E-state index in [0.717, 1.165) is 22.7 Å². The van der Waals surface area contributed by atoms with Crippen LogP contribution in [0.4, 0.5) is 0 Å². The molecule has 154 valence electrons. The summed E-state index contributed by atoms with van der Waals surface area (Å²) in [5.41, 5.74) is 3.24. The van der Waals surface area contributed by atoms with Gasteiger partial charge < -0.3 is 9.84 Å². The zero-order valence-corrected chi connectivity index (χ0v) is 18.3. The molecule has 0 atom stereocenters. The molecular weight excluding hydrogens is 384 g/mol. The summed E-state index contributed by atoms with van der Waals surface area (Å²) in [6.07, 6.45) is 2.47. The Bertz CT molecular complexity index is 938. The van der Waals surface area contributed by atoms with Crippen LogP contribution in [0.25, 0.3) is 10.6 Å². The van der Waals surface area contributed by atoms with Gasteiger partial charge in [-0.25, -0.2) is 4.98 Å². The van der Waals surface area contributed by atoms with Crippen molar-refractivity contribution in [3.63, 3.8) is 0 Å². The Kier molecular flexibility index (Phi) is 6.79. The summed E-state index contributed by atoms with van der Waals surface area (Å²) in [5.74, 6) is 1.33. The van der Waals surface area contributed by atoms with Crippen molar-refractivity contribution >= 4 is 17.2 Å². The number of nitrogens with one attached hydrogen (secondary N) is 1. The lowest BCUT2D eigenvalue weighted by atomic mass is 9.96. The van der Waals surface area contributed by atoms with E-state index in [1.807, 2.05) is 20.8 Å². The highest BCUT2D eigenvalue weighted by atomic mass is 32.1. The van der Waals surface area contributed by atoms with Gasteiger partial charge in [0, 0.05) is 42.2 Å². The van der Waals surface area contributed by atoms with Gasteiger partial charge in [-0.1, -0.05) is 55.8 Å². The van der Waals surface area contributed by atoms with Gasteiger partial charge in [-0.15, -0.1) is 11.3 Å². The molecule has 0 fully saturated rings. The lowest BCUT2D eigenvalue weighted by molar-refractivity contribution is -0.121. The molecule has 0 aliphatic rings. The number of aromatic nitrogens is 3. The molecular formula is C22H28N4O2S. The number of thiazole rings is 1. The van der Waals surface area contributed by atoms with Crippen molar-refractivity contribution in [2.45, 2.75) is 58.8 Å². The van der Waals surface area contributed by atoms with Gasteiger partial charge in [0.2, 0.25) is 11.8 Å². The number of aryl methyl sites for hydroxylation is 2. The Morgan fingerprint density at radius 1 is 1.14 bits per heavy atom. The van der Waals surface area contributed by atoms with Crippen LogP contribution in [0.2, 0.25) is 0 Å².